The van der Waals surface area contributed by atoms with E-state index < -0.39 is 5.97 Å². The molecular formula is C17H21NO3. The number of hydrogen-bond donors (Lipinski definition) is 2. The molecule has 0 atom stereocenters. The molecule has 1 aromatic carbocycles. The number of benzene rings is 1. The summed E-state index contributed by atoms with van der Waals surface area (Å²) in [5.41, 5.74) is 2.20. The van der Waals surface area contributed by atoms with Gasteiger partial charge in [0.2, 0.25) is 0 Å². The number of aliphatic carboxylic acids is 1. The molecule has 4 heteroatoms. The van der Waals surface area contributed by atoms with Crippen molar-refractivity contribution in [3.8, 4) is 0 Å². The van der Waals surface area contributed by atoms with E-state index in [4.69, 9.17) is 5.11 Å². The van der Waals surface area contributed by atoms with Crippen molar-refractivity contribution in [1.29, 1.82) is 0 Å². The average molecular weight is 287 g/mol. The van der Waals surface area contributed by atoms with Gasteiger partial charge in [-0.05, 0) is 61.9 Å². The molecule has 21 heavy (non-hydrogen) atoms. The molecule has 0 unspecified atom stereocenters. The maximum Gasteiger partial charge on any atom is 0.328 e. The monoisotopic (exact) mass is 287 g/mol. The maximum absolute atomic E-state index is 12.4. The lowest BCUT2D eigenvalue weighted by molar-refractivity contribution is -0.131. The molecule has 0 bridgehead atoms. The number of carboxylic acid groups (broad SMARTS) is 1. The second kappa shape index (κ2) is 6.12. The molecule has 0 heterocycles. The molecule has 2 rings (SSSR count). The van der Waals surface area contributed by atoms with Crippen molar-refractivity contribution in [2.24, 2.45) is 0 Å². The van der Waals surface area contributed by atoms with Gasteiger partial charge in [-0.25, -0.2) is 4.79 Å². The Morgan fingerprint density at radius 2 is 2.05 bits per heavy atom. The molecule has 0 spiro atoms. The summed E-state index contributed by atoms with van der Waals surface area (Å²) >= 11 is 0. The predicted octanol–water partition coefficient (Wildman–Crippen LogP) is 3.16. The van der Waals surface area contributed by atoms with Crippen LogP contribution in [0.5, 0.6) is 0 Å². The van der Waals surface area contributed by atoms with Gasteiger partial charge in [0, 0.05) is 17.2 Å². The van der Waals surface area contributed by atoms with E-state index in [9.17, 15) is 9.59 Å². The number of aryl methyl sites for hydroxylation is 1. The lowest BCUT2D eigenvalue weighted by atomic mass is 9.74. The van der Waals surface area contributed by atoms with Gasteiger partial charge in [-0.2, -0.15) is 0 Å². The molecule has 1 saturated carbocycles. The highest BCUT2D eigenvalue weighted by Gasteiger charge is 2.36. The van der Waals surface area contributed by atoms with Crippen LogP contribution in [0.3, 0.4) is 0 Å². The Balaban J connectivity index is 2.19. The van der Waals surface area contributed by atoms with Gasteiger partial charge in [-0.1, -0.05) is 13.0 Å². The molecule has 0 aliphatic heterocycles. The summed E-state index contributed by atoms with van der Waals surface area (Å²) in [5, 5.41) is 11.8. The van der Waals surface area contributed by atoms with Crippen LogP contribution in [0.25, 0.3) is 6.08 Å². The molecule has 0 aromatic heterocycles. The Labute approximate surface area is 124 Å². The molecule has 0 radical (unpaired) electrons. The van der Waals surface area contributed by atoms with Gasteiger partial charge in [-0.3, -0.25) is 4.79 Å². The van der Waals surface area contributed by atoms with E-state index in [1.165, 1.54) is 6.08 Å². The van der Waals surface area contributed by atoms with Gasteiger partial charge in [0.1, 0.15) is 0 Å². The minimum Gasteiger partial charge on any atom is -0.478 e. The van der Waals surface area contributed by atoms with Crippen LogP contribution in [0.1, 0.15) is 54.1 Å². The Morgan fingerprint density at radius 3 is 2.57 bits per heavy atom. The Hall–Kier alpha value is -2.10. The Morgan fingerprint density at radius 1 is 1.33 bits per heavy atom. The zero-order valence-corrected chi connectivity index (χ0v) is 12.5. The van der Waals surface area contributed by atoms with Crippen molar-refractivity contribution >= 4 is 18.0 Å². The summed E-state index contributed by atoms with van der Waals surface area (Å²) in [4.78, 5) is 23.0. The van der Waals surface area contributed by atoms with Crippen LogP contribution in [0.15, 0.2) is 24.3 Å². The molecule has 1 amide bonds. The third-order valence-corrected chi connectivity index (χ3v) is 4.15. The van der Waals surface area contributed by atoms with Gasteiger partial charge in [0.05, 0.1) is 0 Å². The first-order valence-electron chi connectivity index (χ1n) is 7.29. The third-order valence-electron chi connectivity index (χ3n) is 4.15. The molecule has 1 aromatic rings. The first-order chi connectivity index (χ1) is 9.94. The Bertz CT molecular complexity index is 580. The maximum atomic E-state index is 12.4. The number of amides is 1. The largest absolute Gasteiger partial charge is 0.478 e. The highest BCUT2D eigenvalue weighted by atomic mass is 16.4. The van der Waals surface area contributed by atoms with E-state index in [1.54, 1.807) is 6.07 Å². The second-order valence-electron chi connectivity index (χ2n) is 5.75. The summed E-state index contributed by atoms with van der Waals surface area (Å²) in [6.07, 6.45) is 6.76. The topological polar surface area (TPSA) is 66.4 Å². The number of carbonyl (C=O) groups excluding carboxylic acids is 1. The highest BCUT2D eigenvalue weighted by Crippen LogP contribution is 2.34. The zero-order valence-electron chi connectivity index (χ0n) is 12.5. The summed E-state index contributed by atoms with van der Waals surface area (Å²) in [5.74, 6) is -1.08. The molecule has 1 aliphatic rings. The lowest BCUT2D eigenvalue weighted by Gasteiger charge is -2.42. The molecular weight excluding hydrogens is 266 g/mol. The molecule has 1 fully saturated rings. The molecule has 1 aliphatic carbocycles. The van der Waals surface area contributed by atoms with E-state index in [1.807, 2.05) is 19.1 Å². The van der Waals surface area contributed by atoms with E-state index in [0.29, 0.717) is 5.56 Å². The van der Waals surface area contributed by atoms with E-state index in [-0.39, 0.29) is 11.4 Å². The van der Waals surface area contributed by atoms with E-state index >= 15 is 0 Å². The van der Waals surface area contributed by atoms with Gasteiger partial charge >= 0.3 is 5.97 Å². The first kappa shape index (κ1) is 15.3. The smallest absolute Gasteiger partial charge is 0.328 e. The molecule has 4 nitrogen and oxygen atoms in total. The number of nitrogens with one attached hydrogen (secondary N) is 1. The molecule has 0 saturated heterocycles. The lowest BCUT2D eigenvalue weighted by Crippen LogP contribution is -2.52. The quantitative estimate of drug-likeness (QED) is 0.817. The molecule has 2 N–H and O–H groups in total. The fraction of sp³-hybridized carbons (Fsp3) is 0.412. The van der Waals surface area contributed by atoms with Crippen LogP contribution in [0.2, 0.25) is 0 Å². The van der Waals surface area contributed by atoms with Crippen molar-refractivity contribution in [2.75, 3.05) is 0 Å². The van der Waals surface area contributed by atoms with Gasteiger partial charge in [-0.15, -0.1) is 0 Å². The van der Waals surface area contributed by atoms with Crippen LogP contribution in [0, 0.1) is 6.92 Å². The van der Waals surface area contributed by atoms with Crippen LogP contribution >= 0.6 is 0 Å². The van der Waals surface area contributed by atoms with Crippen molar-refractivity contribution in [1.82, 2.24) is 5.32 Å². The number of carbonyl (C=O) groups is 2. The fourth-order valence-corrected chi connectivity index (χ4v) is 2.69. The van der Waals surface area contributed by atoms with Crippen molar-refractivity contribution in [3.63, 3.8) is 0 Å². The van der Waals surface area contributed by atoms with Crippen molar-refractivity contribution in [3.05, 3.63) is 41.0 Å². The van der Waals surface area contributed by atoms with Crippen molar-refractivity contribution in [2.45, 2.75) is 45.1 Å². The number of hydrogen-bond acceptors (Lipinski definition) is 2. The summed E-state index contributed by atoms with van der Waals surface area (Å²) < 4.78 is 0. The zero-order chi connectivity index (χ0) is 15.5. The Kier molecular flexibility index (Phi) is 4.46. The number of carboxylic acids is 1. The predicted molar refractivity (Wildman–Crippen MR) is 82.2 cm³/mol. The van der Waals surface area contributed by atoms with Crippen LogP contribution in [-0.2, 0) is 4.79 Å². The molecule has 112 valence electrons. The first-order valence-corrected chi connectivity index (χ1v) is 7.29. The van der Waals surface area contributed by atoms with Gasteiger partial charge in [0.15, 0.2) is 0 Å². The number of rotatable bonds is 5. The third kappa shape index (κ3) is 3.72. The van der Waals surface area contributed by atoms with Crippen LogP contribution in [-0.4, -0.2) is 22.5 Å². The summed E-state index contributed by atoms with van der Waals surface area (Å²) in [6, 6.07) is 5.41. The normalized spacial score (nSPS) is 16.5. The average Bonchev–Trinajstić information content (AvgIpc) is 2.39. The van der Waals surface area contributed by atoms with Gasteiger partial charge < -0.3 is 10.4 Å². The van der Waals surface area contributed by atoms with Crippen LogP contribution in [0.4, 0.5) is 0 Å². The summed E-state index contributed by atoms with van der Waals surface area (Å²) in [6.45, 7) is 3.99. The van der Waals surface area contributed by atoms with Crippen molar-refractivity contribution < 1.29 is 14.7 Å². The summed E-state index contributed by atoms with van der Waals surface area (Å²) in [7, 11) is 0. The minimum absolute atomic E-state index is 0.0438. The second-order valence-corrected chi connectivity index (χ2v) is 5.75. The van der Waals surface area contributed by atoms with E-state index in [2.05, 4.69) is 12.2 Å². The van der Waals surface area contributed by atoms with Crippen LogP contribution < -0.4 is 5.32 Å². The fourth-order valence-electron chi connectivity index (χ4n) is 2.69. The minimum atomic E-state index is -0.998. The SMILES string of the molecule is CCC1(NC(=O)c2cc(C)cc(/C=C/C(=O)O)c2)CCC1. The standard InChI is InChI=1S/C17H21NO3/c1-3-17(7-4-8-17)18-16(21)14-10-12(2)9-13(11-14)5-6-15(19)20/h5-6,9-11H,3-4,7-8H2,1-2H3,(H,18,21)(H,19,20)/b6-5+. The van der Waals surface area contributed by atoms with E-state index in [0.717, 1.165) is 42.9 Å². The van der Waals surface area contributed by atoms with Gasteiger partial charge in [0.25, 0.3) is 5.91 Å². The highest BCUT2D eigenvalue weighted by molar-refractivity contribution is 5.96.